The predicted octanol–water partition coefficient (Wildman–Crippen LogP) is 4.70. The summed E-state index contributed by atoms with van der Waals surface area (Å²) in [5.74, 6) is 0. The molecule has 0 aromatic heterocycles. The lowest BCUT2D eigenvalue weighted by molar-refractivity contribution is -0.172. The van der Waals surface area contributed by atoms with Crippen LogP contribution in [0.2, 0.25) is 5.16 Å². The average Bonchev–Trinajstić information content (AvgIpc) is 2.68. The third kappa shape index (κ3) is 13.5. The Kier molecular flexibility index (Phi) is 17.2. The van der Waals surface area contributed by atoms with Gasteiger partial charge in [-0.15, -0.1) is 0 Å². The maximum Gasteiger partial charge on any atom is 0.142 e. The van der Waals surface area contributed by atoms with Gasteiger partial charge in [0.1, 0.15) is 10.8 Å². The van der Waals surface area contributed by atoms with Crippen LogP contribution in [-0.4, -0.2) is 56.3 Å². The first-order valence-electron chi connectivity index (χ1n) is 11.9. The highest BCUT2D eigenvalue weighted by molar-refractivity contribution is 6.61. The third-order valence-electron chi connectivity index (χ3n) is 4.98. The molecule has 0 aromatic carbocycles. The van der Waals surface area contributed by atoms with Crippen LogP contribution < -0.4 is 0 Å². The Balaban J connectivity index is 5.25. The maximum atomic E-state index is 6.27. The van der Waals surface area contributed by atoms with Crippen molar-refractivity contribution in [2.45, 2.75) is 116 Å². The van der Waals surface area contributed by atoms with Crippen molar-refractivity contribution in [2.75, 3.05) is 26.4 Å². The van der Waals surface area contributed by atoms with E-state index >= 15 is 0 Å². The molecule has 170 valence electrons. The van der Waals surface area contributed by atoms with Crippen molar-refractivity contribution < 1.29 is 18.9 Å². The van der Waals surface area contributed by atoms with Crippen LogP contribution in [0.25, 0.3) is 0 Å². The van der Waals surface area contributed by atoms with Crippen LogP contribution in [0.1, 0.15) is 99.8 Å². The molecule has 0 aromatic rings. The van der Waals surface area contributed by atoms with Crippen molar-refractivity contribution >= 4 is 19.0 Å². The minimum absolute atomic E-state index is 0.355. The zero-order chi connectivity index (χ0) is 21.3. The molecule has 0 N–H and O–H groups in total. The summed E-state index contributed by atoms with van der Waals surface area (Å²) in [5, 5.41) is 0.726. The van der Waals surface area contributed by atoms with Gasteiger partial charge in [0.25, 0.3) is 0 Å². The lowest BCUT2D eigenvalue weighted by Crippen LogP contribution is -2.48. The maximum absolute atomic E-state index is 6.27. The molecule has 0 spiro atoms. The van der Waals surface area contributed by atoms with Crippen LogP contribution in [0.4, 0.5) is 0 Å². The van der Waals surface area contributed by atoms with Gasteiger partial charge in [-0.1, -0.05) is 65.5 Å². The van der Waals surface area contributed by atoms with Crippen molar-refractivity contribution in [1.29, 1.82) is 0 Å². The van der Waals surface area contributed by atoms with Gasteiger partial charge in [-0.2, -0.15) is 0 Å². The van der Waals surface area contributed by atoms with Crippen LogP contribution in [0.3, 0.4) is 0 Å². The third-order valence-corrected chi connectivity index (χ3v) is 11.0. The van der Waals surface area contributed by atoms with E-state index in [0.29, 0.717) is 0 Å². The molecule has 0 rings (SSSR count). The zero-order valence-corrected chi connectivity index (χ0v) is 22.9. The Morgan fingerprint density at radius 2 is 0.929 bits per heavy atom. The van der Waals surface area contributed by atoms with E-state index in [2.05, 4.69) is 48.5 Å². The number of hydrogen-bond donors (Lipinski definition) is 0. The monoisotopic (exact) mass is 434 g/mol. The van der Waals surface area contributed by atoms with Gasteiger partial charge in [0, 0.05) is 26.4 Å². The zero-order valence-electron chi connectivity index (χ0n) is 20.1. The fraction of sp³-hybridized carbons (Fsp3) is 1.00. The van der Waals surface area contributed by atoms with E-state index in [1.54, 1.807) is 0 Å². The number of hydrogen-bond acceptors (Lipinski definition) is 4. The van der Waals surface area contributed by atoms with E-state index in [1.807, 2.05) is 0 Å². The second-order valence-electron chi connectivity index (χ2n) is 8.43. The summed E-state index contributed by atoms with van der Waals surface area (Å²) in [5.41, 5.74) is -0.710. The standard InChI is InChI=1S/C22H50O4Si2/c1-8-13-14-15-20(27-21(6,23-16-9-2)24-17-10-3)28-22(7,25-18-11-4)26-19-12-5/h20H,8-19,27-28H2,1-7H3. The molecule has 0 heterocycles. The molecule has 0 bridgehead atoms. The summed E-state index contributed by atoms with van der Waals surface area (Å²) in [6, 6.07) is 0. The van der Waals surface area contributed by atoms with E-state index in [-0.39, 0.29) is 10.8 Å². The minimum atomic E-state index is -0.595. The van der Waals surface area contributed by atoms with Gasteiger partial charge >= 0.3 is 0 Å². The number of ether oxygens (including phenoxy) is 4. The molecule has 0 amide bonds. The first-order chi connectivity index (χ1) is 13.4. The van der Waals surface area contributed by atoms with Crippen LogP contribution in [0.15, 0.2) is 0 Å². The van der Waals surface area contributed by atoms with E-state index in [4.69, 9.17) is 18.9 Å². The summed E-state index contributed by atoms with van der Waals surface area (Å²) in [7, 11) is -1.19. The summed E-state index contributed by atoms with van der Waals surface area (Å²) in [6.07, 6.45) is 9.31. The molecule has 28 heavy (non-hydrogen) atoms. The van der Waals surface area contributed by atoms with Gasteiger partial charge < -0.3 is 18.9 Å². The van der Waals surface area contributed by atoms with Gasteiger partial charge in [-0.25, -0.2) is 0 Å². The molecule has 0 saturated heterocycles. The smallest absolute Gasteiger partial charge is 0.142 e. The SMILES string of the molecule is CCCCCC([SiH2]C(C)(OCCC)OCCC)[SiH2]C(C)(OCCC)OCCC. The molecule has 0 aliphatic heterocycles. The van der Waals surface area contributed by atoms with E-state index < -0.39 is 19.0 Å². The lowest BCUT2D eigenvalue weighted by Gasteiger charge is -2.37. The average molecular weight is 435 g/mol. The minimum Gasteiger partial charge on any atom is -0.355 e. The fourth-order valence-corrected chi connectivity index (χ4v) is 11.5. The van der Waals surface area contributed by atoms with Crippen molar-refractivity contribution in [3.8, 4) is 0 Å². The molecule has 6 heteroatoms. The Labute approximate surface area is 180 Å². The van der Waals surface area contributed by atoms with Crippen molar-refractivity contribution in [3.63, 3.8) is 0 Å². The van der Waals surface area contributed by atoms with Gasteiger partial charge in [0.2, 0.25) is 0 Å². The molecule has 4 nitrogen and oxygen atoms in total. The van der Waals surface area contributed by atoms with Crippen LogP contribution in [0, 0.1) is 0 Å². The normalized spacial score (nSPS) is 14.7. The van der Waals surface area contributed by atoms with Crippen LogP contribution >= 0.6 is 0 Å². The second-order valence-corrected chi connectivity index (χ2v) is 15.3. The topological polar surface area (TPSA) is 36.9 Å². The Hall–Kier alpha value is 0.274. The highest BCUT2D eigenvalue weighted by Crippen LogP contribution is 2.27. The Bertz CT molecular complexity index is 311. The fourth-order valence-electron chi connectivity index (χ4n) is 3.60. The molecule has 0 saturated carbocycles. The van der Waals surface area contributed by atoms with Crippen molar-refractivity contribution in [3.05, 3.63) is 0 Å². The summed E-state index contributed by atoms with van der Waals surface area (Å²) in [4.78, 5) is 0. The molecular weight excluding hydrogens is 384 g/mol. The summed E-state index contributed by atoms with van der Waals surface area (Å²) < 4.78 is 25.1. The van der Waals surface area contributed by atoms with Gasteiger partial charge in [0.05, 0.1) is 19.0 Å². The molecular formula is C22H50O4Si2. The quantitative estimate of drug-likeness (QED) is 0.158. The second kappa shape index (κ2) is 17.0. The van der Waals surface area contributed by atoms with Crippen molar-refractivity contribution in [1.82, 2.24) is 0 Å². The van der Waals surface area contributed by atoms with Crippen LogP contribution in [0.5, 0.6) is 0 Å². The van der Waals surface area contributed by atoms with E-state index in [0.717, 1.165) is 57.3 Å². The van der Waals surface area contributed by atoms with E-state index in [9.17, 15) is 0 Å². The van der Waals surface area contributed by atoms with E-state index in [1.165, 1.54) is 25.7 Å². The summed E-state index contributed by atoms with van der Waals surface area (Å²) in [6.45, 7) is 18.5. The molecule has 0 fully saturated rings. The predicted molar refractivity (Wildman–Crippen MR) is 127 cm³/mol. The van der Waals surface area contributed by atoms with Crippen LogP contribution in [-0.2, 0) is 18.9 Å². The Morgan fingerprint density at radius 1 is 0.571 bits per heavy atom. The lowest BCUT2D eigenvalue weighted by atomic mass is 10.2. The molecule has 0 aliphatic carbocycles. The Morgan fingerprint density at radius 3 is 1.21 bits per heavy atom. The first-order valence-corrected chi connectivity index (χ1v) is 15.0. The van der Waals surface area contributed by atoms with Gasteiger partial charge in [0.15, 0.2) is 0 Å². The molecule has 0 unspecified atom stereocenters. The highest BCUT2D eigenvalue weighted by Gasteiger charge is 2.36. The molecule has 0 radical (unpaired) electrons. The van der Waals surface area contributed by atoms with Crippen molar-refractivity contribution in [2.24, 2.45) is 0 Å². The highest BCUT2D eigenvalue weighted by atomic mass is 28.3. The largest absolute Gasteiger partial charge is 0.355 e. The number of rotatable bonds is 20. The van der Waals surface area contributed by atoms with Gasteiger partial charge in [-0.3, -0.25) is 0 Å². The first kappa shape index (κ1) is 28.3. The summed E-state index contributed by atoms with van der Waals surface area (Å²) >= 11 is 0. The molecule has 0 atom stereocenters. The van der Waals surface area contributed by atoms with Gasteiger partial charge in [-0.05, 0) is 39.5 Å². The number of unbranched alkanes of at least 4 members (excludes halogenated alkanes) is 2. The molecule has 0 aliphatic rings.